The molecule has 0 unspecified atom stereocenters. The van der Waals surface area contributed by atoms with E-state index in [0.29, 0.717) is 18.0 Å². The maximum absolute atomic E-state index is 12.8. The molecule has 0 aliphatic carbocycles. The second-order valence-electron chi connectivity index (χ2n) is 8.78. The van der Waals surface area contributed by atoms with Gasteiger partial charge in [-0.05, 0) is 98.3 Å². The summed E-state index contributed by atoms with van der Waals surface area (Å²) in [6.07, 6.45) is 0.699. The van der Waals surface area contributed by atoms with Crippen LogP contribution in [0.1, 0.15) is 27.8 Å². The van der Waals surface area contributed by atoms with E-state index in [1.807, 2.05) is 93.3 Å². The number of anilines is 2. The third-order valence-corrected chi connectivity index (χ3v) is 6.20. The van der Waals surface area contributed by atoms with Crippen molar-refractivity contribution >= 4 is 34.8 Å². The number of carbonyl (C=O) groups is 2. The highest BCUT2D eigenvalue weighted by Crippen LogP contribution is 2.16. The van der Waals surface area contributed by atoms with Gasteiger partial charge in [-0.2, -0.15) is 0 Å². The summed E-state index contributed by atoms with van der Waals surface area (Å²) < 4.78 is 0. The van der Waals surface area contributed by atoms with Crippen LogP contribution in [-0.2, 0) is 16.0 Å². The lowest BCUT2D eigenvalue weighted by Crippen LogP contribution is -2.40. The highest BCUT2D eigenvalue weighted by atomic mass is 35.5. The molecule has 0 fully saturated rings. The molecule has 6 heteroatoms. The summed E-state index contributed by atoms with van der Waals surface area (Å²) in [6, 6.07) is 19.3. The zero-order valence-electron chi connectivity index (χ0n) is 20.2. The quantitative estimate of drug-likeness (QED) is 0.416. The van der Waals surface area contributed by atoms with E-state index in [-0.39, 0.29) is 24.9 Å². The van der Waals surface area contributed by atoms with Gasteiger partial charge in [0.05, 0.1) is 13.1 Å². The summed E-state index contributed by atoms with van der Waals surface area (Å²) in [6.45, 7) is 8.88. The van der Waals surface area contributed by atoms with Crippen molar-refractivity contribution in [3.63, 3.8) is 0 Å². The molecule has 0 saturated carbocycles. The molecule has 3 aromatic carbocycles. The number of benzene rings is 3. The lowest BCUT2D eigenvalue weighted by atomic mass is 10.1. The van der Waals surface area contributed by atoms with E-state index in [9.17, 15) is 9.59 Å². The predicted molar refractivity (Wildman–Crippen MR) is 141 cm³/mol. The highest BCUT2D eigenvalue weighted by Gasteiger charge is 2.16. The fraction of sp³-hybridized carbons (Fsp3) is 0.286. The molecule has 5 nitrogen and oxygen atoms in total. The number of amides is 2. The Bertz CT molecular complexity index is 1090. The first kappa shape index (κ1) is 25.5. The third kappa shape index (κ3) is 7.72. The first-order valence-electron chi connectivity index (χ1n) is 11.4. The van der Waals surface area contributed by atoms with Gasteiger partial charge in [0, 0.05) is 22.9 Å². The molecule has 0 heterocycles. The standard InChI is InChI=1S/C28H32ClN3O2/c1-19-5-11-25(15-21(19)3)30-27(33)17-32(14-13-23-7-9-24(29)10-8-23)18-28(34)31-26-12-6-20(2)22(4)16-26/h5-12,15-16H,13-14,17-18H2,1-4H3,(H,30,33)(H,31,34). The van der Waals surface area contributed by atoms with Crippen molar-refractivity contribution in [2.75, 3.05) is 30.3 Å². The largest absolute Gasteiger partial charge is 0.325 e. The first-order chi connectivity index (χ1) is 16.2. The Hall–Kier alpha value is -3.15. The zero-order valence-corrected chi connectivity index (χ0v) is 21.0. The number of nitrogens with one attached hydrogen (secondary N) is 2. The highest BCUT2D eigenvalue weighted by molar-refractivity contribution is 6.30. The number of halogens is 1. The molecule has 0 spiro atoms. The van der Waals surface area contributed by atoms with Gasteiger partial charge in [0.2, 0.25) is 11.8 Å². The minimum atomic E-state index is -0.154. The van der Waals surface area contributed by atoms with Crippen molar-refractivity contribution in [2.24, 2.45) is 0 Å². The van der Waals surface area contributed by atoms with Gasteiger partial charge in [0.25, 0.3) is 0 Å². The molecule has 0 aliphatic rings. The molecule has 178 valence electrons. The van der Waals surface area contributed by atoms with Crippen molar-refractivity contribution in [1.29, 1.82) is 0 Å². The van der Waals surface area contributed by atoms with Gasteiger partial charge in [0.1, 0.15) is 0 Å². The summed E-state index contributed by atoms with van der Waals surface area (Å²) in [5.41, 5.74) is 7.18. The number of nitrogens with zero attached hydrogens (tertiary/aromatic N) is 1. The Morgan fingerprint density at radius 1 is 0.706 bits per heavy atom. The van der Waals surface area contributed by atoms with Crippen LogP contribution in [0.5, 0.6) is 0 Å². The molecular weight excluding hydrogens is 446 g/mol. The van der Waals surface area contributed by atoms with Crippen LogP contribution in [-0.4, -0.2) is 36.3 Å². The fourth-order valence-electron chi connectivity index (χ4n) is 3.60. The van der Waals surface area contributed by atoms with Crippen LogP contribution in [0.2, 0.25) is 5.02 Å². The summed E-state index contributed by atoms with van der Waals surface area (Å²) in [4.78, 5) is 27.5. The molecule has 0 atom stereocenters. The lowest BCUT2D eigenvalue weighted by Gasteiger charge is -2.22. The van der Waals surface area contributed by atoms with Gasteiger partial charge >= 0.3 is 0 Å². The van der Waals surface area contributed by atoms with Gasteiger partial charge in [-0.1, -0.05) is 35.9 Å². The molecular formula is C28H32ClN3O2. The Morgan fingerprint density at radius 3 is 1.62 bits per heavy atom. The van der Waals surface area contributed by atoms with Crippen LogP contribution in [0.4, 0.5) is 11.4 Å². The Labute approximate surface area is 207 Å². The van der Waals surface area contributed by atoms with E-state index in [1.54, 1.807) is 0 Å². The SMILES string of the molecule is Cc1ccc(NC(=O)CN(CCc2ccc(Cl)cc2)CC(=O)Nc2ccc(C)c(C)c2)cc1C. The normalized spacial score (nSPS) is 10.9. The molecule has 3 rings (SSSR count). The number of carbonyl (C=O) groups excluding carboxylic acids is 2. The molecule has 2 amide bonds. The number of hydrogen-bond donors (Lipinski definition) is 2. The van der Waals surface area contributed by atoms with Crippen molar-refractivity contribution in [3.8, 4) is 0 Å². The second kappa shape index (κ2) is 11.8. The molecule has 0 aromatic heterocycles. The van der Waals surface area contributed by atoms with E-state index in [2.05, 4.69) is 10.6 Å². The minimum Gasteiger partial charge on any atom is -0.325 e. The average molecular weight is 478 g/mol. The summed E-state index contributed by atoms with van der Waals surface area (Å²) in [5, 5.41) is 6.59. The number of hydrogen-bond acceptors (Lipinski definition) is 3. The van der Waals surface area contributed by atoms with Gasteiger partial charge in [-0.15, -0.1) is 0 Å². The maximum Gasteiger partial charge on any atom is 0.238 e. The van der Waals surface area contributed by atoms with Crippen LogP contribution < -0.4 is 10.6 Å². The maximum atomic E-state index is 12.8. The predicted octanol–water partition coefficient (Wildman–Crippen LogP) is 5.70. The Balaban J connectivity index is 1.66. The number of rotatable bonds is 9. The van der Waals surface area contributed by atoms with E-state index in [4.69, 9.17) is 11.6 Å². The molecule has 0 aliphatic heterocycles. The van der Waals surface area contributed by atoms with Crippen LogP contribution in [0.25, 0.3) is 0 Å². The number of aryl methyl sites for hydroxylation is 4. The average Bonchev–Trinajstić information content (AvgIpc) is 2.78. The van der Waals surface area contributed by atoms with Crippen LogP contribution >= 0.6 is 11.6 Å². The van der Waals surface area contributed by atoms with Gasteiger partial charge in [-0.3, -0.25) is 14.5 Å². The van der Waals surface area contributed by atoms with E-state index in [0.717, 1.165) is 28.1 Å². The summed E-state index contributed by atoms with van der Waals surface area (Å²) in [5.74, 6) is -0.309. The molecule has 0 saturated heterocycles. The summed E-state index contributed by atoms with van der Waals surface area (Å²) >= 11 is 5.99. The fourth-order valence-corrected chi connectivity index (χ4v) is 3.72. The topological polar surface area (TPSA) is 61.4 Å². The molecule has 34 heavy (non-hydrogen) atoms. The second-order valence-corrected chi connectivity index (χ2v) is 9.22. The molecule has 2 N–H and O–H groups in total. The van der Waals surface area contributed by atoms with Crippen LogP contribution in [0.3, 0.4) is 0 Å². The van der Waals surface area contributed by atoms with Gasteiger partial charge in [-0.25, -0.2) is 0 Å². The van der Waals surface area contributed by atoms with E-state index < -0.39 is 0 Å². The van der Waals surface area contributed by atoms with Crippen LogP contribution in [0.15, 0.2) is 60.7 Å². The Morgan fingerprint density at radius 2 is 1.18 bits per heavy atom. The third-order valence-electron chi connectivity index (χ3n) is 5.95. The lowest BCUT2D eigenvalue weighted by molar-refractivity contribution is -0.120. The first-order valence-corrected chi connectivity index (χ1v) is 11.8. The molecule has 0 radical (unpaired) electrons. The van der Waals surface area contributed by atoms with Crippen molar-refractivity contribution in [3.05, 3.63) is 93.5 Å². The minimum absolute atomic E-state index is 0.112. The Kier molecular flexibility index (Phi) is 8.85. The van der Waals surface area contributed by atoms with Gasteiger partial charge < -0.3 is 10.6 Å². The summed E-state index contributed by atoms with van der Waals surface area (Å²) in [7, 11) is 0. The monoisotopic (exact) mass is 477 g/mol. The van der Waals surface area contributed by atoms with Gasteiger partial charge in [0.15, 0.2) is 0 Å². The van der Waals surface area contributed by atoms with Crippen molar-refractivity contribution in [2.45, 2.75) is 34.1 Å². The zero-order chi connectivity index (χ0) is 24.7. The molecule has 3 aromatic rings. The van der Waals surface area contributed by atoms with Crippen LogP contribution in [0, 0.1) is 27.7 Å². The van der Waals surface area contributed by atoms with Crippen molar-refractivity contribution < 1.29 is 9.59 Å². The molecule has 0 bridgehead atoms. The van der Waals surface area contributed by atoms with E-state index >= 15 is 0 Å². The van der Waals surface area contributed by atoms with E-state index in [1.165, 1.54) is 11.1 Å². The van der Waals surface area contributed by atoms with Crippen molar-refractivity contribution in [1.82, 2.24) is 4.90 Å². The smallest absolute Gasteiger partial charge is 0.238 e.